The number of rotatable bonds is 4. The molecule has 2 fully saturated rings. The monoisotopic (exact) mass is 212 g/mol. The van der Waals surface area contributed by atoms with E-state index in [2.05, 4.69) is 0 Å². The summed E-state index contributed by atoms with van der Waals surface area (Å²) < 4.78 is 5.23. The topological polar surface area (TPSA) is 55.6 Å². The molecule has 15 heavy (non-hydrogen) atoms. The minimum absolute atomic E-state index is 0.0515. The fraction of sp³-hybridized carbons (Fsp3) is 0.909. The zero-order valence-corrected chi connectivity index (χ0v) is 9.15. The minimum atomic E-state index is 0.0515. The summed E-state index contributed by atoms with van der Waals surface area (Å²) in [7, 11) is 0. The molecule has 2 aliphatic rings. The molecule has 4 nitrogen and oxygen atoms in total. The van der Waals surface area contributed by atoms with Crippen LogP contribution in [0.1, 0.15) is 19.3 Å². The summed E-state index contributed by atoms with van der Waals surface area (Å²) in [5, 5.41) is 0. The van der Waals surface area contributed by atoms with Gasteiger partial charge in [-0.3, -0.25) is 4.79 Å². The van der Waals surface area contributed by atoms with Gasteiger partial charge in [-0.2, -0.15) is 0 Å². The van der Waals surface area contributed by atoms with Crippen LogP contribution in [0.15, 0.2) is 0 Å². The van der Waals surface area contributed by atoms with E-state index in [0.29, 0.717) is 19.8 Å². The smallest absolute Gasteiger partial charge is 0.227 e. The van der Waals surface area contributed by atoms with Crippen LogP contribution in [0.25, 0.3) is 0 Å². The van der Waals surface area contributed by atoms with E-state index in [1.807, 2.05) is 4.90 Å². The van der Waals surface area contributed by atoms with Crippen LogP contribution in [0.5, 0.6) is 0 Å². The van der Waals surface area contributed by atoms with E-state index in [4.69, 9.17) is 10.5 Å². The average Bonchev–Trinajstić information content (AvgIpc) is 3.10. The van der Waals surface area contributed by atoms with Gasteiger partial charge in [0.15, 0.2) is 0 Å². The van der Waals surface area contributed by atoms with Crippen LogP contribution in [0.3, 0.4) is 0 Å². The molecule has 0 bridgehead atoms. The van der Waals surface area contributed by atoms with Crippen LogP contribution in [-0.4, -0.2) is 43.7 Å². The Balaban J connectivity index is 1.84. The quantitative estimate of drug-likeness (QED) is 0.725. The minimum Gasteiger partial charge on any atom is -0.378 e. The van der Waals surface area contributed by atoms with Gasteiger partial charge in [0.25, 0.3) is 0 Å². The van der Waals surface area contributed by atoms with Crippen molar-refractivity contribution in [3.05, 3.63) is 0 Å². The van der Waals surface area contributed by atoms with Crippen molar-refractivity contribution in [1.82, 2.24) is 4.90 Å². The second-order valence-electron chi connectivity index (χ2n) is 4.55. The Morgan fingerprint density at radius 1 is 1.40 bits per heavy atom. The fourth-order valence-corrected chi connectivity index (χ4v) is 2.10. The zero-order chi connectivity index (χ0) is 10.7. The largest absolute Gasteiger partial charge is 0.378 e. The number of nitrogens with zero attached hydrogens (tertiary/aromatic N) is 1. The van der Waals surface area contributed by atoms with Crippen molar-refractivity contribution in [2.45, 2.75) is 19.3 Å². The molecule has 0 aromatic heterocycles. The maximum absolute atomic E-state index is 12.1. The lowest BCUT2D eigenvalue weighted by Gasteiger charge is -2.30. The SMILES string of the molecule is NCC(CC1CC1)C(=O)N1CCOCC1. The van der Waals surface area contributed by atoms with Crippen LogP contribution < -0.4 is 5.73 Å². The molecule has 1 heterocycles. The lowest BCUT2D eigenvalue weighted by molar-refractivity contribution is -0.139. The number of ether oxygens (including phenoxy) is 1. The van der Waals surface area contributed by atoms with E-state index in [1.165, 1.54) is 12.8 Å². The predicted octanol–water partition coefficient (Wildman–Crippen LogP) is 0.220. The number of carbonyl (C=O) groups excluding carboxylic acids is 1. The van der Waals surface area contributed by atoms with Gasteiger partial charge < -0.3 is 15.4 Å². The van der Waals surface area contributed by atoms with Crippen molar-refractivity contribution in [3.8, 4) is 0 Å². The highest BCUT2D eigenvalue weighted by Crippen LogP contribution is 2.35. The normalized spacial score (nSPS) is 23.9. The standard InChI is InChI=1S/C11H20N2O2/c12-8-10(7-9-1-2-9)11(14)13-3-5-15-6-4-13/h9-10H,1-8,12H2. The van der Waals surface area contributed by atoms with Crippen LogP contribution >= 0.6 is 0 Å². The second kappa shape index (κ2) is 4.94. The van der Waals surface area contributed by atoms with E-state index in [0.717, 1.165) is 25.4 Å². The first-order valence-electron chi connectivity index (χ1n) is 5.88. The molecule has 1 amide bonds. The highest BCUT2D eigenvalue weighted by atomic mass is 16.5. The summed E-state index contributed by atoms with van der Waals surface area (Å²) in [6.07, 6.45) is 3.56. The molecule has 86 valence electrons. The van der Waals surface area contributed by atoms with Crippen LogP contribution in [0.4, 0.5) is 0 Å². The second-order valence-corrected chi connectivity index (χ2v) is 4.55. The summed E-state index contributed by atoms with van der Waals surface area (Å²) in [5.41, 5.74) is 5.68. The van der Waals surface area contributed by atoms with Crippen LogP contribution in [0.2, 0.25) is 0 Å². The molecule has 0 aromatic rings. The first-order chi connectivity index (χ1) is 7.31. The van der Waals surface area contributed by atoms with Crippen molar-refractivity contribution in [1.29, 1.82) is 0 Å². The highest BCUT2D eigenvalue weighted by Gasteiger charge is 2.31. The summed E-state index contributed by atoms with van der Waals surface area (Å²) in [6, 6.07) is 0. The Labute approximate surface area is 90.8 Å². The van der Waals surface area contributed by atoms with E-state index < -0.39 is 0 Å². The molecule has 0 radical (unpaired) electrons. The van der Waals surface area contributed by atoms with Gasteiger partial charge >= 0.3 is 0 Å². The Kier molecular flexibility index (Phi) is 3.59. The molecule has 2 N–H and O–H groups in total. The van der Waals surface area contributed by atoms with Gasteiger partial charge in [-0.1, -0.05) is 12.8 Å². The van der Waals surface area contributed by atoms with Crippen molar-refractivity contribution < 1.29 is 9.53 Å². The average molecular weight is 212 g/mol. The van der Waals surface area contributed by atoms with Crippen molar-refractivity contribution >= 4 is 5.91 Å². The Hall–Kier alpha value is -0.610. The highest BCUT2D eigenvalue weighted by molar-refractivity contribution is 5.79. The third kappa shape index (κ3) is 2.92. The summed E-state index contributed by atoms with van der Waals surface area (Å²) in [4.78, 5) is 14.0. The number of amides is 1. The lowest BCUT2D eigenvalue weighted by atomic mass is 10.0. The van der Waals surface area contributed by atoms with Gasteiger partial charge in [-0.25, -0.2) is 0 Å². The van der Waals surface area contributed by atoms with Crippen LogP contribution in [0, 0.1) is 11.8 Å². The number of hydrogen-bond donors (Lipinski definition) is 1. The molecule has 1 aliphatic heterocycles. The summed E-state index contributed by atoms with van der Waals surface area (Å²) in [5.74, 6) is 1.06. The molecular weight excluding hydrogens is 192 g/mol. The number of morpholine rings is 1. The van der Waals surface area contributed by atoms with Gasteiger partial charge in [-0.15, -0.1) is 0 Å². The molecule has 0 aromatic carbocycles. The van der Waals surface area contributed by atoms with Crippen molar-refractivity contribution in [2.75, 3.05) is 32.8 Å². The molecule has 0 spiro atoms. The first-order valence-corrected chi connectivity index (χ1v) is 5.88. The van der Waals surface area contributed by atoms with E-state index >= 15 is 0 Å². The Morgan fingerprint density at radius 2 is 2.07 bits per heavy atom. The lowest BCUT2D eigenvalue weighted by Crippen LogP contribution is -2.45. The maximum Gasteiger partial charge on any atom is 0.227 e. The van der Waals surface area contributed by atoms with Crippen molar-refractivity contribution in [3.63, 3.8) is 0 Å². The first kappa shape index (κ1) is 10.9. The third-order valence-corrected chi connectivity index (χ3v) is 3.27. The molecule has 1 atom stereocenters. The number of hydrogen-bond acceptors (Lipinski definition) is 3. The number of nitrogens with two attached hydrogens (primary N) is 1. The number of carbonyl (C=O) groups is 1. The molecular formula is C11H20N2O2. The zero-order valence-electron chi connectivity index (χ0n) is 9.15. The molecule has 1 saturated heterocycles. The summed E-state index contributed by atoms with van der Waals surface area (Å²) in [6.45, 7) is 3.31. The third-order valence-electron chi connectivity index (χ3n) is 3.27. The van der Waals surface area contributed by atoms with Crippen molar-refractivity contribution in [2.24, 2.45) is 17.6 Å². The van der Waals surface area contributed by atoms with E-state index in [-0.39, 0.29) is 11.8 Å². The Morgan fingerprint density at radius 3 is 2.60 bits per heavy atom. The van der Waals surface area contributed by atoms with Gasteiger partial charge in [-0.05, 0) is 12.3 Å². The van der Waals surface area contributed by atoms with Gasteiger partial charge in [0.1, 0.15) is 0 Å². The molecule has 1 unspecified atom stereocenters. The molecule has 4 heteroatoms. The molecule has 1 aliphatic carbocycles. The Bertz CT molecular complexity index is 223. The van der Waals surface area contributed by atoms with E-state index in [1.54, 1.807) is 0 Å². The van der Waals surface area contributed by atoms with Gasteiger partial charge in [0.2, 0.25) is 5.91 Å². The summed E-state index contributed by atoms with van der Waals surface area (Å²) >= 11 is 0. The van der Waals surface area contributed by atoms with Gasteiger partial charge in [0.05, 0.1) is 19.1 Å². The maximum atomic E-state index is 12.1. The molecule has 1 saturated carbocycles. The van der Waals surface area contributed by atoms with Gasteiger partial charge in [0, 0.05) is 19.6 Å². The van der Waals surface area contributed by atoms with Crippen LogP contribution in [-0.2, 0) is 9.53 Å². The fourth-order valence-electron chi connectivity index (χ4n) is 2.10. The molecule has 2 rings (SSSR count). The predicted molar refractivity (Wildman–Crippen MR) is 57.3 cm³/mol. The van der Waals surface area contributed by atoms with E-state index in [9.17, 15) is 4.79 Å².